The van der Waals surface area contributed by atoms with Crippen LogP contribution >= 0.6 is 0 Å². The molecule has 0 radical (unpaired) electrons. The molecule has 13 heavy (non-hydrogen) atoms. The lowest BCUT2D eigenvalue weighted by atomic mass is 10.0. The van der Waals surface area contributed by atoms with E-state index in [1.165, 1.54) is 7.11 Å². The molecule has 0 bridgehead atoms. The van der Waals surface area contributed by atoms with Gasteiger partial charge in [0.25, 0.3) is 0 Å². The van der Waals surface area contributed by atoms with Gasteiger partial charge in [-0.3, -0.25) is 0 Å². The Hall–Kier alpha value is -1.09. The minimum atomic E-state index is -0.215. The van der Waals surface area contributed by atoms with Gasteiger partial charge >= 0.3 is 0 Å². The molecule has 70 valence electrons. The maximum atomic E-state index is 13.6. The van der Waals surface area contributed by atoms with Gasteiger partial charge < -0.3 is 10.1 Å². The lowest BCUT2D eigenvalue weighted by molar-refractivity contribution is 0.384. The third-order valence-electron chi connectivity index (χ3n) is 2.49. The summed E-state index contributed by atoms with van der Waals surface area (Å²) in [6.45, 7) is 3.36. The number of nitrogens with one attached hydrogen (secondary N) is 1. The molecule has 1 aromatic rings. The second-order valence-corrected chi connectivity index (χ2v) is 3.27. The summed E-state index contributed by atoms with van der Waals surface area (Å²) in [5.74, 6) is 0.132. The first-order valence-electron chi connectivity index (χ1n) is 4.29. The Kier molecular flexibility index (Phi) is 1.96. The number of hydrogen-bond donors (Lipinski definition) is 1. The zero-order valence-electron chi connectivity index (χ0n) is 7.78. The van der Waals surface area contributed by atoms with Gasteiger partial charge in [0.2, 0.25) is 0 Å². The van der Waals surface area contributed by atoms with Gasteiger partial charge in [-0.05, 0) is 24.1 Å². The van der Waals surface area contributed by atoms with Crippen molar-refractivity contribution in [2.24, 2.45) is 0 Å². The number of ether oxygens (including phenoxy) is 1. The molecule has 0 aromatic heterocycles. The van der Waals surface area contributed by atoms with E-state index >= 15 is 0 Å². The summed E-state index contributed by atoms with van der Waals surface area (Å²) >= 11 is 0. The Morgan fingerprint density at radius 3 is 2.77 bits per heavy atom. The maximum Gasteiger partial charge on any atom is 0.169 e. The van der Waals surface area contributed by atoms with Crippen LogP contribution in [0.15, 0.2) is 6.07 Å². The van der Waals surface area contributed by atoms with E-state index in [0.29, 0.717) is 12.3 Å². The fraction of sp³-hybridized carbons (Fsp3) is 0.400. The molecule has 0 spiro atoms. The van der Waals surface area contributed by atoms with E-state index in [9.17, 15) is 4.39 Å². The summed E-state index contributed by atoms with van der Waals surface area (Å²) in [5, 5.41) is 3.13. The molecular weight excluding hydrogens is 169 g/mol. The first-order valence-corrected chi connectivity index (χ1v) is 4.29. The zero-order valence-corrected chi connectivity index (χ0v) is 7.78. The summed E-state index contributed by atoms with van der Waals surface area (Å²) in [5.41, 5.74) is 2.94. The summed E-state index contributed by atoms with van der Waals surface area (Å²) in [4.78, 5) is 0. The number of benzene rings is 1. The standard InChI is InChI=1S/C10H12FNO/c1-6-3-9(13-2)10(11)8-5-12-4-7(6)8/h3,12H,4-5H2,1-2H3. The Labute approximate surface area is 76.7 Å². The summed E-state index contributed by atoms with van der Waals surface area (Å²) in [6, 6.07) is 1.75. The van der Waals surface area contributed by atoms with Crippen LogP contribution in [0.5, 0.6) is 5.75 Å². The topological polar surface area (TPSA) is 21.3 Å². The second kappa shape index (κ2) is 3.00. The predicted molar refractivity (Wildman–Crippen MR) is 48.2 cm³/mol. The van der Waals surface area contributed by atoms with Gasteiger partial charge in [0, 0.05) is 18.7 Å². The highest BCUT2D eigenvalue weighted by Crippen LogP contribution is 2.29. The van der Waals surface area contributed by atoms with E-state index in [4.69, 9.17) is 4.74 Å². The van der Waals surface area contributed by atoms with Crippen molar-refractivity contribution in [1.82, 2.24) is 5.32 Å². The van der Waals surface area contributed by atoms with Crippen LogP contribution < -0.4 is 10.1 Å². The lowest BCUT2D eigenvalue weighted by Gasteiger charge is -2.08. The average Bonchev–Trinajstić information content (AvgIpc) is 2.60. The monoisotopic (exact) mass is 181 g/mol. The number of fused-ring (bicyclic) bond motifs is 1. The van der Waals surface area contributed by atoms with E-state index in [-0.39, 0.29) is 5.82 Å². The molecule has 0 unspecified atom stereocenters. The maximum absolute atomic E-state index is 13.6. The van der Waals surface area contributed by atoms with E-state index in [1.54, 1.807) is 6.07 Å². The third-order valence-corrected chi connectivity index (χ3v) is 2.49. The molecule has 0 aliphatic carbocycles. The highest BCUT2D eigenvalue weighted by atomic mass is 19.1. The smallest absolute Gasteiger partial charge is 0.169 e. The highest BCUT2D eigenvalue weighted by Gasteiger charge is 2.20. The van der Waals surface area contributed by atoms with Gasteiger partial charge in [-0.1, -0.05) is 0 Å². The summed E-state index contributed by atoms with van der Waals surface area (Å²) < 4.78 is 18.5. The van der Waals surface area contributed by atoms with Gasteiger partial charge in [0.05, 0.1) is 7.11 Å². The molecule has 0 fully saturated rings. The quantitative estimate of drug-likeness (QED) is 0.712. The number of halogens is 1. The molecule has 3 heteroatoms. The van der Waals surface area contributed by atoms with Gasteiger partial charge in [-0.2, -0.15) is 0 Å². The van der Waals surface area contributed by atoms with Crippen LogP contribution in [0.3, 0.4) is 0 Å². The molecule has 2 nitrogen and oxygen atoms in total. The van der Waals surface area contributed by atoms with Crippen LogP contribution in [-0.4, -0.2) is 7.11 Å². The van der Waals surface area contributed by atoms with Crippen molar-refractivity contribution < 1.29 is 9.13 Å². The van der Waals surface area contributed by atoms with Crippen LogP contribution in [0.25, 0.3) is 0 Å². The zero-order chi connectivity index (χ0) is 9.42. The molecule has 0 atom stereocenters. The van der Waals surface area contributed by atoms with Crippen molar-refractivity contribution >= 4 is 0 Å². The van der Waals surface area contributed by atoms with E-state index < -0.39 is 0 Å². The number of aryl methyl sites for hydroxylation is 1. The summed E-state index contributed by atoms with van der Waals surface area (Å²) in [7, 11) is 1.49. The first-order chi connectivity index (χ1) is 6.24. The molecule has 0 amide bonds. The Balaban J connectivity index is 2.62. The molecule has 0 saturated carbocycles. The second-order valence-electron chi connectivity index (χ2n) is 3.27. The fourth-order valence-electron chi connectivity index (χ4n) is 1.76. The Morgan fingerprint density at radius 1 is 1.38 bits per heavy atom. The van der Waals surface area contributed by atoms with Gasteiger partial charge in [-0.25, -0.2) is 4.39 Å². The minimum absolute atomic E-state index is 0.215. The van der Waals surface area contributed by atoms with Crippen molar-refractivity contribution in [3.63, 3.8) is 0 Å². The van der Waals surface area contributed by atoms with E-state index in [1.807, 2.05) is 6.92 Å². The Bertz CT molecular complexity index is 349. The van der Waals surface area contributed by atoms with Crippen LogP contribution in [0, 0.1) is 12.7 Å². The fourth-order valence-corrected chi connectivity index (χ4v) is 1.76. The molecule has 1 aromatic carbocycles. The van der Waals surface area contributed by atoms with Crippen molar-refractivity contribution in [2.45, 2.75) is 20.0 Å². The van der Waals surface area contributed by atoms with E-state index in [0.717, 1.165) is 23.2 Å². The molecular formula is C10H12FNO. The normalized spacial score (nSPS) is 14.4. The lowest BCUT2D eigenvalue weighted by Crippen LogP contribution is -2.00. The molecule has 2 rings (SSSR count). The summed E-state index contributed by atoms with van der Waals surface area (Å²) in [6.07, 6.45) is 0. The first kappa shape index (κ1) is 8.51. The van der Waals surface area contributed by atoms with Crippen molar-refractivity contribution in [2.75, 3.05) is 7.11 Å². The largest absolute Gasteiger partial charge is 0.494 e. The SMILES string of the molecule is COc1cc(C)c2c(c1F)CNC2. The molecule has 0 saturated heterocycles. The van der Waals surface area contributed by atoms with Crippen molar-refractivity contribution in [3.05, 3.63) is 28.6 Å². The molecule has 1 aliphatic heterocycles. The third kappa shape index (κ3) is 1.20. The van der Waals surface area contributed by atoms with Gasteiger partial charge in [0.1, 0.15) is 0 Å². The number of hydrogen-bond acceptors (Lipinski definition) is 2. The van der Waals surface area contributed by atoms with Crippen molar-refractivity contribution in [1.29, 1.82) is 0 Å². The van der Waals surface area contributed by atoms with Crippen LogP contribution in [0.4, 0.5) is 4.39 Å². The molecule has 1 heterocycles. The number of methoxy groups -OCH3 is 1. The average molecular weight is 181 g/mol. The van der Waals surface area contributed by atoms with Crippen LogP contribution in [0.1, 0.15) is 16.7 Å². The highest BCUT2D eigenvalue weighted by molar-refractivity contribution is 5.45. The molecule has 1 aliphatic rings. The van der Waals surface area contributed by atoms with Crippen LogP contribution in [-0.2, 0) is 13.1 Å². The molecule has 1 N–H and O–H groups in total. The van der Waals surface area contributed by atoms with E-state index in [2.05, 4.69) is 5.32 Å². The number of rotatable bonds is 1. The van der Waals surface area contributed by atoms with Crippen molar-refractivity contribution in [3.8, 4) is 5.75 Å². The van der Waals surface area contributed by atoms with Gasteiger partial charge in [0.15, 0.2) is 11.6 Å². The van der Waals surface area contributed by atoms with Crippen LogP contribution in [0.2, 0.25) is 0 Å². The van der Waals surface area contributed by atoms with Gasteiger partial charge in [-0.15, -0.1) is 0 Å². The minimum Gasteiger partial charge on any atom is -0.494 e. The predicted octanol–water partition coefficient (Wildman–Crippen LogP) is 1.75. The Morgan fingerprint density at radius 2 is 2.08 bits per heavy atom.